The van der Waals surface area contributed by atoms with Crippen molar-refractivity contribution in [3.05, 3.63) is 95.8 Å². The molecular formula is C28H30FNO3. The van der Waals surface area contributed by atoms with Crippen LogP contribution in [0.15, 0.2) is 78.9 Å². The summed E-state index contributed by atoms with van der Waals surface area (Å²) in [6, 6.07) is 24.1. The highest BCUT2D eigenvalue weighted by atomic mass is 19.1. The largest absolute Gasteiger partial charge is 0.490 e. The van der Waals surface area contributed by atoms with Gasteiger partial charge in [0.1, 0.15) is 23.9 Å². The Bertz CT molecular complexity index is 1010. The number of hydrogen-bond donors (Lipinski definition) is 1. The van der Waals surface area contributed by atoms with Gasteiger partial charge < -0.3 is 14.6 Å². The van der Waals surface area contributed by atoms with Crippen molar-refractivity contribution in [2.75, 3.05) is 19.6 Å². The highest BCUT2D eigenvalue weighted by Gasteiger charge is 2.42. The van der Waals surface area contributed by atoms with Crippen molar-refractivity contribution in [1.82, 2.24) is 4.90 Å². The van der Waals surface area contributed by atoms with Gasteiger partial charge in [0.25, 0.3) is 0 Å². The molecule has 4 atom stereocenters. The number of β-amino-alcohol motifs (C(OH)–C–C–N with tert-alkyl or cyclic N) is 1. The summed E-state index contributed by atoms with van der Waals surface area (Å²) in [5.41, 5.74) is 2.04. The van der Waals surface area contributed by atoms with Crippen LogP contribution in [0.2, 0.25) is 0 Å². The number of hydrogen-bond acceptors (Lipinski definition) is 4. The van der Waals surface area contributed by atoms with Crippen LogP contribution in [0, 0.1) is 17.7 Å². The summed E-state index contributed by atoms with van der Waals surface area (Å²) >= 11 is 0. The van der Waals surface area contributed by atoms with Crippen LogP contribution in [0.4, 0.5) is 4.39 Å². The molecule has 1 saturated heterocycles. The lowest BCUT2D eigenvalue weighted by atomic mass is 10.0. The van der Waals surface area contributed by atoms with Crippen LogP contribution in [0.3, 0.4) is 0 Å². The monoisotopic (exact) mass is 447 g/mol. The second-order valence-electron chi connectivity index (χ2n) is 9.26. The lowest BCUT2D eigenvalue weighted by molar-refractivity contribution is 0.116. The van der Waals surface area contributed by atoms with Gasteiger partial charge in [0.15, 0.2) is 0 Å². The van der Waals surface area contributed by atoms with Crippen LogP contribution in [0.1, 0.15) is 30.1 Å². The number of nitrogens with zero attached hydrogens (tertiary/aromatic N) is 1. The zero-order valence-corrected chi connectivity index (χ0v) is 18.6. The molecule has 3 aromatic carbocycles. The molecule has 1 heterocycles. The smallest absolute Gasteiger partial charge is 0.123 e. The fourth-order valence-corrected chi connectivity index (χ4v) is 5.17. The SMILES string of the molecule is OC(CN1CC2C[C@@H](Oc3ccc(F)cc3)C[C@@H]2C1)c1ccc(OCc2ccccc2)cc1. The molecule has 0 spiro atoms. The maximum Gasteiger partial charge on any atom is 0.123 e. The van der Waals surface area contributed by atoms with Gasteiger partial charge in [0.2, 0.25) is 0 Å². The van der Waals surface area contributed by atoms with Crippen LogP contribution in [-0.4, -0.2) is 35.7 Å². The first kappa shape index (κ1) is 21.9. The van der Waals surface area contributed by atoms with E-state index in [9.17, 15) is 9.50 Å². The molecule has 1 saturated carbocycles. The van der Waals surface area contributed by atoms with Gasteiger partial charge in [-0.3, -0.25) is 4.90 Å². The minimum absolute atomic E-state index is 0.195. The maximum atomic E-state index is 13.1. The summed E-state index contributed by atoms with van der Waals surface area (Å²) < 4.78 is 25.0. The number of ether oxygens (including phenoxy) is 2. The normalized spacial score (nSPS) is 23.3. The van der Waals surface area contributed by atoms with Crippen LogP contribution < -0.4 is 9.47 Å². The summed E-state index contributed by atoms with van der Waals surface area (Å²) in [5, 5.41) is 10.8. The molecular weight excluding hydrogens is 417 g/mol. The molecule has 5 rings (SSSR count). The Morgan fingerprint density at radius 1 is 0.848 bits per heavy atom. The number of aliphatic hydroxyl groups is 1. The third kappa shape index (κ3) is 5.55. The molecule has 0 radical (unpaired) electrons. The first-order valence-electron chi connectivity index (χ1n) is 11.7. The third-order valence-electron chi connectivity index (χ3n) is 6.84. The molecule has 0 bridgehead atoms. The van der Waals surface area contributed by atoms with E-state index in [0.717, 1.165) is 48.6 Å². The number of aliphatic hydroxyl groups excluding tert-OH is 1. The van der Waals surface area contributed by atoms with E-state index >= 15 is 0 Å². The van der Waals surface area contributed by atoms with E-state index in [-0.39, 0.29) is 11.9 Å². The van der Waals surface area contributed by atoms with Gasteiger partial charge in [-0.15, -0.1) is 0 Å². The molecule has 1 aliphatic carbocycles. The van der Waals surface area contributed by atoms with E-state index in [4.69, 9.17) is 9.47 Å². The average molecular weight is 448 g/mol. The van der Waals surface area contributed by atoms with E-state index in [2.05, 4.69) is 4.90 Å². The van der Waals surface area contributed by atoms with Crippen molar-refractivity contribution >= 4 is 0 Å². The van der Waals surface area contributed by atoms with Crippen molar-refractivity contribution < 1.29 is 19.0 Å². The Labute approximate surface area is 194 Å². The lowest BCUT2D eigenvalue weighted by Crippen LogP contribution is -2.28. The minimum Gasteiger partial charge on any atom is -0.490 e. The van der Waals surface area contributed by atoms with Crippen LogP contribution in [0.5, 0.6) is 11.5 Å². The molecule has 1 aliphatic heterocycles. The minimum atomic E-state index is -0.515. The van der Waals surface area contributed by atoms with Crippen molar-refractivity contribution in [2.45, 2.75) is 31.7 Å². The van der Waals surface area contributed by atoms with Crippen LogP contribution in [-0.2, 0) is 6.61 Å². The topological polar surface area (TPSA) is 41.9 Å². The van der Waals surface area contributed by atoms with Gasteiger partial charge in [-0.25, -0.2) is 4.39 Å². The Balaban J connectivity index is 1.08. The molecule has 2 unspecified atom stereocenters. The van der Waals surface area contributed by atoms with Gasteiger partial charge in [0.05, 0.1) is 12.2 Å². The van der Waals surface area contributed by atoms with E-state index in [1.807, 2.05) is 54.6 Å². The van der Waals surface area contributed by atoms with Crippen molar-refractivity contribution in [2.24, 2.45) is 11.8 Å². The first-order valence-corrected chi connectivity index (χ1v) is 11.7. The van der Waals surface area contributed by atoms with Gasteiger partial charge in [-0.1, -0.05) is 42.5 Å². The standard InChI is InChI=1S/C28H30FNO3/c29-24-8-12-26(13-9-24)33-27-14-22-16-30(17-23(22)15-27)18-28(31)21-6-10-25(11-7-21)32-19-20-4-2-1-3-5-20/h1-13,22-23,27-28,31H,14-19H2/t22-,23?,27+,28?/m1/s1. The summed E-state index contributed by atoms with van der Waals surface area (Å²) in [6.45, 7) is 3.15. The van der Waals surface area contributed by atoms with E-state index in [1.54, 1.807) is 12.1 Å². The third-order valence-corrected chi connectivity index (χ3v) is 6.84. The Morgan fingerprint density at radius 3 is 2.15 bits per heavy atom. The molecule has 5 heteroatoms. The summed E-state index contributed by atoms with van der Waals surface area (Å²) in [4.78, 5) is 2.37. The fraction of sp³-hybridized carbons (Fsp3) is 0.357. The highest BCUT2D eigenvalue weighted by molar-refractivity contribution is 5.29. The Morgan fingerprint density at radius 2 is 1.48 bits per heavy atom. The van der Waals surface area contributed by atoms with Crippen LogP contribution in [0.25, 0.3) is 0 Å². The maximum absolute atomic E-state index is 13.1. The molecule has 4 nitrogen and oxygen atoms in total. The molecule has 1 N–H and O–H groups in total. The van der Waals surface area contributed by atoms with Gasteiger partial charge >= 0.3 is 0 Å². The number of likely N-dealkylation sites (tertiary alicyclic amines) is 1. The number of fused-ring (bicyclic) bond motifs is 1. The second kappa shape index (κ2) is 9.94. The Hall–Kier alpha value is -2.89. The van der Waals surface area contributed by atoms with E-state index < -0.39 is 6.10 Å². The molecule has 0 amide bonds. The molecule has 33 heavy (non-hydrogen) atoms. The van der Waals surface area contributed by atoms with Gasteiger partial charge in [0, 0.05) is 19.6 Å². The molecule has 2 fully saturated rings. The number of halogens is 1. The number of benzene rings is 3. The van der Waals surface area contributed by atoms with Crippen molar-refractivity contribution in [3.8, 4) is 11.5 Å². The molecule has 2 aliphatic rings. The molecule has 3 aromatic rings. The van der Waals surface area contributed by atoms with Crippen LogP contribution >= 0.6 is 0 Å². The molecule has 172 valence electrons. The van der Waals surface area contributed by atoms with Gasteiger partial charge in [-0.05, 0) is 72.2 Å². The number of rotatable bonds is 8. The van der Waals surface area contributed by atoms with Crippen molar-refractivity contribution in [3.63, 3.8) is 0 Å². The highest BCUT2D eigenvalue weighted by Crippen LogP contribution is 2.40. The van der Waals surface area contributed by atoms with E-state index in [1.165, 1.54) is 12.1 Å². The fourth-order valence-electron chi connectivity index (χ4n) is 5.17. The van der Waals surface area contributed by atoms with E-state index in [0.29, 0.717) is 25.0 Å². The zero-order valence-electron chi connectivity index (χ0n) is 18.6. The zero-order chi connectivity index (χ0) is 22.6. The van der Waals surface area contributed by atoms with Gasteiger partial charge in [-0.2, -0.15) is 0 Å². The predicted molar refractivity (Wildman–Crippen MR) is 126 cm³/mol. The lowest BCUT2D eigenvalue weighted by Gasteiger charge is -2.22. The van der Waals surface area contributed by atoms with Crippen molar-refractivity contribution in [1.29, 1.82) is 0 Å². The molecule has 0 aromatic heterocycles. The summed E-state index contributed by atoms with van der Waals surface area (Å²) in [7, 11) is 0. The summed E-state index contributed by atoms with van der Waals surface area (Å²) in [6.07, 6.45) is 1.71. The quantitative estimate of drug-likeness (QED) is 0.514. The first-order chi connectivity index (χ1) is 16.1. The summed E-state index contributed by atoms with van der Waals surface area (Å²) in [5.74, 6) is 2.49. The second-order valence-corrected chi connectivity index (χ2v) is 9.26. The Kier molecular flexibility index (Phi) is 6.60. The predicted octanol–water partition coefficient (Wildman–Crippen LogP) is 5.23. The average Bonchev–Trinajstić information content (AvgIpc) is 3.38.